The van der Waals surface area contributed by atoms with Crippen LogP contribution in [0.2, 0.25) is 0 Å². The summed E-state index contributed by atoms with van der Waals surface area (Å²) in [6, 6.07) is 3.16. The predicted molar refractivity (Wildman–Crippen MR) is 66.1 cm³/mol. The topological polar surface area (TPSA) is 78.4 Å². The predicted octanol–water partition coefficient (Wildman–Crippen LogP) is 0.469. The molecule has 0 aliphatic carbocycles. The Labute approximate surface area is 104 Å². The highest BCUT2D eigenvalue weighted by Gasteiger charge is 2.17. The highest BCUT2D eigenvalue weighted by molar-refractivity contribution is 7.09. The molecule has 1 rings (SSSR count). The van der Waals surface area contributed by atoms with Crippen LogP contribution in [-0.4, -0.2) is 36.1 Å². The molecule has 5 nitrogen and oxygen atoms in total. The third-order valence-corrected chi connectivity index (χ3v) is 3.09. The Morgan fingerprint density at radius 3 is 2.82 bits per heavy atom. The summed E-state index contributed by atoms with van der Waals surface area (Å²) in [4.78, 5) is 22.8. The zero-order chi connectivity index (χ0) is 12.7. The van der Waals surface area contributed by atoms with Crippen LogP contribution in [0, 0.1) is 0 Å². The second kappa shape index (κ2) is 7.03. The fraction of sp³-hybridized carbons (Fsp3) is 0.455. The summed E-state index contributed by atoms with van der Waals surface area (Å²) < 4.78 is 0. The van der Waals surface area contributed by atoms with Crippen LogP contribution in [0.4, 0.5) is 0 Å². The van der Waals surface area contributed by atoms with Gasteiger partial charge in [0.25, 0.3) is 0 Å². The summed E-state index contributed by atoms with van der Waals surface area (Å²) in [5, 5.41) is 16.3. The lowest BCUT2D eigenvalue weighted by Gasteiger charge is -2.13. The normalized spacial score (nSPS) is 12.1. The molecule has 0 aromatic carbocycles. The summed E-state index contributed by atoms with van der Waals surface area (Å²) in [6.45, 7) is 2.24. The van der Waals surface area contributed by atoms with Crippen molar-refractivity contribution in [3.63, 3.8) is 0 Å². The third-order valence-electron chi connectivity index (χ3n) is 2.15. The van der Waals surface area contributed by atoms with Gasteiger partial charge in [0, 0.05) is 24.9 Å². The first-order chi connectivity index (χ1) is 8.09. The molecule has 0 saturated carbocycles. The van der Waals surface area contributed by atoms with Crippen LogP contribution in [-0.2, 0) is 16.0 Å². The molecule has 17 heavy (non-hydrogen) atoms. The highest BCUT2D eigenvalue weighted by Crippen LogP contribution is 2.07. The molecule has 0 spiro atoms. The molecule has 6 heteroatoms. The molecule has 1 heterocycles. The van der Waals surface area contributed by atoms with Crippen LogP contribution in [0.15, 0.2) is 17.5 Å². The molecule has 1 aromatic rings. The van der Waals surface area contributed by atoms with Gasteiger partial charge in [0.15, 0.2) is 0 Å². The molecule has 94 valence electrons. The van der Waals surface area contributed by atoms with Crippen molar-refractivity contribution in [1.82, 2.24) is 10.6 Å². The van der Waals surface area contributed by atoms with Crippen LogP contribution in [0.1, 0.15) is 11.8 Å². The van der Waals surface area contributed by atoms with Gasteiger partial charge >= 0.3 is 5.97 Å². The van der Waals surface area contributed by atoms with Gasteiger partial charge in [-0.2, -0.15) is 0 Å². The van der Waals surface area contributed by atoms with Crippen molar-refractivity contribution in [2.75, 3.05) is 13.1 Å². The van der Waals surface area contributed by atoms with Gasteiger partial charge in [-0.25, -0.2) is 4.79 Å². The minimum absolute atomic E-state index is 0.236. The van der Waals surface area contributed by atoms with E-state index in [4.69, 9.17) is 5.11 Å². The number of hydrogen-bond acceptors (Lipinski definition) is 4. The number of thiophene rings is 1. The van der Waals surface area contributed by atoms with E-state index in [0.717, 1.165) is 6.42 Å². The molecule has 1 aromatic heterocycles. The smallest absolute Gasteiger partial charge is 0.327 e. The van der Waals surface area contributed by atoms with E-state index in [9.17, 15) is 9.59 Å². The number of nitrogens with one attached hydrogen (secondary N) is 2. The van der Waals surface area contributed by atoms with Gasteiger partial charge in [-0.15, -0.1) is 11.3 Å². The summed E-state index contributed by atoms with van der Waals surface area (Å²) in [7, 11) is 0. The summed E-state index contributed by atoms with van der Waals surface area (Å²) in [5.41, 5.74) is 0. The van der Waals surface area contributed by atoms with Gasteiger partial charge < -0.3 is 15.7 Å². The largest absolute Gasteiger partial charge is 0.480 e. The molecule has 0 radical (unpaired) electrons. The van der Waals surface area contributed by atoms with Gasteiger partial charge in [-0.05, 0) is 17.9 Å². The molecule has 0 saturated heterocycles. The first-order valence-electron chi connectivity index (χ1n) is 5.32. The van der Waals surface area contributed by atoms with Crippen LogP contribution < -0.4 is 10.6 Å². The molecular weight excluding hydrogens is 240 g/mol. The fourth-order valence-electron chi connectivity index (χ4n) is 1.36. The van der Waals surface area contributed by atoms with Gasteiger partial charge in [0.2, 0.25) is 5.91 Å². The number of aliphatic carboxylic acids is 1. The number of hydrogen-bond donors (Lipinski definition) is 3. The van der Waals surface area contributed by atoms with Crippen molar-refractivity contribution in [3.05, 3.63) is 22.4 Å². The Hall–Kier alpha value is -1.40. The minimum Gasteiger partial charge on any atom is -0.480 e. The van der Waals surface area contributed by atoms with E-state index in [-0.39, 0.29) is 12.5 Å². The Morgan fingerprint density at radius 2 is 2.29 bits per heavy atom. The molecular formula is C11H16N2O3S. The molecule has 1 amide bonds. The first kappa shape index (κ1) is 13.7. The van der Waals surface area contributed by atoms with Gasteiger partial charge in [-0.1, -0.05) is 6.07 Å². The monoisotopic (exact) mass is 256 g/mol. The van der Waals surface area contributed by atoms with Crippen molar-refractivity contribution < 1.29 is 14.7 Å². The Morgan fingerprint density at radius 1 is 1.53 bits per heavy atom. The number of rotatable bonds is 7. The zero-order valence-corrected chi connectivity index (χ0v) is 10.4. The molecule has 1 atom stereocenters. The highest BCUT2D eigenvalue weighted by atomic mass is 32.1. The maximum atomic E-state index is 10.8. The second-order valence-corrected chi connectivity index (χ2v) is 4.66. The van der Waals surface area contributed by atoms with Crippen molar-refractivity contribution in [2.24, 2.45) is 0 Å². The number of carboxylic acids is 1. The van der Waals surface area contributed by atoms with E-state index >= 15 is 0 Å². The fourth-order valence-corrected chi connectivity index (χ4v) is 2.07. The van der Waals surface area contributed by atoms with Gasteiger partial charge in [0.05, 0.1) is 0 Å². The zero-order valence-electron chi connectivity index (χ0n) is 9.60. The standard InChI is InChI=1S/C11H16N2O3S/c1-8(14)13-10(11(15)16)7-12-5-4-9-3-2-6-17-9/h2-3,6,10,12H,4-5,7H2,1H3,(H,13,14)(H,15,16). The quantitative estimate of drug-likeness (QED) is 0.620. The second-order valence-electron chi connectivity index (χ2n) is 3.62. The number of carboxylic acid groups (broad SMARTS) is 1. The van der Waals surface area contributed by atoms with Crippen LogP contribution in [0.3, 0.4) is 0 Å². The Bertz CT molecular complexity index is 365. The first-order valence-corrected chi connectivity index (χ1v) is 6.20. The summed E-state index contributed by atoms with van der Waals surface area (Å²) >= 11 is 1.67. The van der Waals surface area contributed by atoms with Crippen molar-refractivity contribution in [3.8, 4) is 0 Å². The molecule has 0 aliphatic heterocycles. The number of carbonyl (C=O) groups is 2. The maximum absolute atomic E-state index is 10.8. The van der Waals surface area contributed by atoms with Crippen molar-refractivity contribution in [1.29, 1.82) is 0 Å². The molecule has 0 fully saturated rings. The lowest BCUT2D eigenvalue weighted by atomic mass is 10.2. The molecule has 1 unspecified atom stereocenters. The van der Waals surface area contributed by atoms with Crippen LogP contribution in [0.5, 0.6) is 0 Å². The van der Waals surface area contributed by atoms with Crippen molar-refractivity contribution in [2.45, 2.75) is 19.4 Å². The van der Waals surface area contributed by atoms with E-state index in [0.29, 0.717) is 6.54 Å². The lowest BCUT2D eigenvalue weighted by molar-refractivity contribution is -0.141. The summed E-state index contributed by atoms with van der Waals surface area (Å²) in [6.07, 6.45) is 0.865. The van der Waals surface area contributed by atoms with E-state index in [1.807, 2.05) is 17.5 Å². The minimum atomic E-state index is -1.02. The molecule has 3 N–H and O–H groups in total. The maximum Gasteiger partial charge on any atom is 0.327 e. The van der Waals surface area contributed by atoms with Crippen molar-refractivity contribution >= 4 is 23.2 Å². The van der Waals surface area contributed by atoms with Crippen LogP contribution >= 0.6 is 11.3 Å². The van der Waals surface area contributed by atoms with E-state index in [2.05, 4.69) is 10.6 Å². The van der Waals surface area contributed by atoms with E-state index in [1.165, 1.54) is 11.8 Å². The van der Waals surface area contributed by atoms with Gasteiger partial charge in [-0.3, -0.25) is 4.79 Å². The average Bonchev–Trinajstić information content (AvgIpc) is 2.74. The molecule has 0 bridgehead atoms. The average molecular weight is 256 g/mol. The Balaban J connectivity index is 2.23. The SMILES string of the molecule is CC(=O)NC(CNCCc1cccs1)C(=O)O. The lowest BCUT2D eigenvalue weighted by Crippen LogP contribution is -2.46. The number of amides is 1. The van der Waals surface area contributed by atoms with Crippen LogP contribution in [0.25, 0.3) is 0 Å². The van der Waals surface area contributed by atoms with E-state index in [1.54, 1.807) is 11.3 Å². The Kier molecular flexibility index (Phi) is 5.65. The van der Waals surface area contributed by atoms with Gasteiger partial charge in [0.1, 0.15) is 6.04 Å². The third kappa shape index (κ3) is 5.46. The summed E-state index contributed by atoms with van der Waals surface area (Å²) in [5.74, 6) is -1.36. The number of carbonyl (C=O) groups excluding carboxylic acids is 1. The van der Waals surface area contributed by atoms with E-state index < -0.39 is 12.0 Å². The molecule has 0 aliphatic rings.